The summed E-state index contributed by atoms with van der Waals surface area (Å²) >= 11 is 1.42. The number of para-hydroxylation sites is 2. The van der Waals surface area contributed by atoms with Crippen LogP contribution in [0.1, 0.15) is 12.5 Å². The molecule has 182 valence electrons. The van der Waals surface area contributed by atoms with Crippen LogP contribution in [-0.2, 0) is 19.2 Å². The van der Waals surface area contributed by atoms with Gasteiger partial charge in [-0.1, -0.05) is 36.4 Å². The molecule has 3 aromatic carbocycles. The number of thioether (sulfide) groups is 1. The number of rotatable bonds is 3. The van der Waals surface area contributed by atoms with Crippen molar-refractivity contribution in [2.24, 2.45) is 0 Å². The fraction of sp³-hybridized carbons (Fsp3) is 0.286. The largest absolute Gasteiger partial charge is 0.456 e. The molecule has 0 radical (unpaired) electrons. The Bertz CT molecular complexity index is 1530. The zero-order valence-electron chi connectivity index (χ0n) is 19.8. The fourth-order valence-corrected chi connectivity index (χ4v) is 7.20. The van der Waals surface area contributed by atoms with Crippen LogP contribution in [-0.4, -0.2) is 54.9 Å². The first kappa shape index (κ1) is 21.9. The van der Waals surface area contributed by atoms with Gasteiger partial charge in [-0.25, -0.2) is 0 Å². The van der Waals surface area contributed by atoms with Gasteiger partial charge >= 0.3 is 0 Å². The number of hydrogen-bond donors (Lipinski definition) is 0. The molecule has 0 bridgehead atoms. The van der Waals surface area contributed by atoms with Crippen LogP contribution in [0.3, 0.4) is 0 Å². The Hall–Kier alpha value is -3.33. The van der Waals surface area contributed by atoms with Crippen molar-refractivity contribution >= 4 is 56.9 Å². The normalized spacial score (nSPS) is 24.5. The first-order chi connectivity index (χ1) is 17.6. The number of hydrogen-bond acceptors (Lipinski definition) is 6. The van der Waals surface area contributed by atoms with E-state index in [2.05, 4.69) is 4.90 Å². The Kier molecular flexibility index (Phi) is 4.93. The van der Waals surface area contributed by atoms with E-state index >= 15 is 0 Å². The monoisotopic (exact) mass is 499 g/mol. The lowest BCUT2D eigenvalue weighted by atomic mass is 10.0. The van der Waals surface area contributed by atoms with Crippen molar-refractivity contribution in [3.63, 3.8) is 0 Å². The minimum atomic E-state index is -1.15. The highest BCUT2D eigenvalue weighted by atomic mass is 32.2. The number of carbonyl (C=O) groups excluding carboxylic acids is 2. The number of ether oxygens (including phenoxy) is 1. The third-order valence-electron chi connectivity index (χ3n) is 7.39. The second-order valence-electron chi connectivity index (χ2n) is 9.48. The van der Waals surface area contributed by atoms with Crippen molar-refractivity contribution in [2.45, 2.75) is 17.0 Å². The fourth-order valence-electron chi connectivity index (χ4n) is 5.67. The Morgan fingerprint density at radius 1 is 0.944 bits per heavy atom. The van der Waals surface area contributed by atoms with Crippen LogP contribution in [0.4, 0.5) is 11.4 Å². The van der Waals surface area contributed by atoms with Crippen molar-refractivity contribution < 1.29 is 18.7 Å². The lowest BCUT2D eigenvalue weighted by Gasteiger charge is -2.34. The van der Waals surface area contributed by atoms with Crippen LogP contribution in [0.2, 0.25) is 0 Å². The lowest BCUT2D eigenvalue weighted by molar-refractivity contribution is -0.124. The van der Waals surface area contributed by atoms with Crippen LogP contribution in [0.15, 0.2) is 71.1 Å². The van der Waals surface area contributed by atoms with Gasteiger partial charge in [0.05, 0.1) is 30.8 Å². The Morgan fingerprint density at radius 3 is 2.56 bits per heavy atom. The molecule has 7 rings (SSSR count). The van der Waals surface area contributed by atoms with Gasteiger partial charge in [0.2, 0.25) is 10.8 Å². The maximum absolute atomic E-state index is 14.4. The van der Waals surface area contributed by atoms with E-state index < -0.39 is 4.87 Å². The van der Waals surface area contributed by atoms with Gasteiger partial charge in [-0.3, -0.25) is 24.3 Å². The summed E-state index contributed by atoms with van der Waals surface area (Å²) in [7, 11) is 0. The molecule has 0 saturated carbocycles. The highest BCUT2D eigenvalue weighted by Crippen LogP contribution is 2.58. The number of nitrogens with zero attached hydrogens (tertiary/aromatic N) is 3. The maximum atomic E-state index is 14.4. The van der Waals surface area contributed by atoms with Gasteiger partial charge in [0.1, 0.15) is 11.2 Å². The zero-order valence-corrected chi connectivity index (χ0v) is 20.7. The quantitative estimate of drug-likeness (QED) is 0.412. The van der Waals surface area contributed by atoms with E-state index in [1.165, 1.54) is 11.8 Å². The molecule has 36 heavy (non-hydrogen) atoms. The van der Waals surface area contributed by atoms with E-state index in [9.17, 15) is 9.59 Å². The van der Waals surface area contributed by atoms with E-state index in [4.69, 9.17) is 9.15 Å². The molecule has 1 aromatic heterocycles. The minimum Gasteiger partial charge on any atom is -0.456 e. The molecule has 4 heterocycles. The number of fused-ring (bicyclic) bond motifs is 5. The summed E-state index contributed by atoms with van der Waals surface area (Å²) in [5.41, 5.74) is 3.88. The summed E-state index contributed by atoms with van der Waals surface area (Å²) in [5, 5.41) is 1.66. The molecule has 2 saturated heterocycles. The van der Waals surface area contributed by atoms with Crippen molar-refractivity contribution in [2.75, 3.05) is 42.8 Å². The third-order valence-corrected chi connectivity index (χ3v) is 8.86. The summed E-state index contributed by atoms with van der Waals surface area (Å²) in [6.45, 7) is 5.21. The number of anilines is 2. The minimum absolute atomic E-state index is 0.0770. The summed E-state index contributed by atoms with van der Waals surface area (Å²) in [4.78, 5) is 32.7. The molecular formula is C28H25N3O4S. The average Bonchev–Trinajstić information content (AvgIpc) is 3.49. The summed E-state index contributed by atoms with van der Waals surface area (Å²) in [6, 6.07) is 21.6. The van der Waals surface area contributed by atoms with Gasteiger partial charge in [0, 0.05) is 41.2 Å². The molecule has 2 fully saturated rings. The van der Waals surface area contributed by atoms with Gasteiger partial charge in [-0.2, -0.15) is 0 Å². The Labute approximate surface area is 212 Å². The van der Waals surface area contributed by atoms with Crippen molar-refractivity contribution in [1.82, 2.24) is 4.90 Å². The lowest BCUT2D eigenvalue weighted by Crippen LogP contribution is -2.52. The molecule has 8 heteroatoms. The molecule has 2 amide bonds. The van der Waals surface area contributed by atoms with E-state index in [1.807, 2.05) is 78.6 Å². The van der Waals surface area contributed by atoms with Crippen LogP contribution in [0.25, 0.3) is 21.9 Å². The van der Waals surface area contributed by atoms with Crippen LogP contribution < -0.4 is 9.80 Å². The topological polar surface area (TPSA) is 66.2 Å². The predicted octanol–water partition coefficient (Wildman–Crippen LogP) is 4.54. The SMILES string of the molecule is C[C@@H]1S[C@]2(C(=O)N(CN3CCOCC3)c3ccccc32)N(c2ccc3c(c2)oc2ccccc23)C1=O. The van der Waals surface area contributed by atoms with Crippen LogP contribution in [0.5, 0.6) is 0 Å². The van der Waals surface area contributed by atoms with E-state index in [-0.39, 0.29) is 17.1 Å². The standard InChI is InChI=1S/C28H25N3O4S/c1-18-26(32)31(19-10-11-21-20-6-2-5-9-24(20)35-25(21)16-19)28(36-18)22-7-3-4-8-23(22)30(27(28)33)17-29-12-14-34-15-13-29/h2-11,16,18H,12-15,17H2,1H3/t18-,28+/m0/s1. The van der Waals surface area contributed by atoms with Gasteiger partial charge in [-0.15, -0.1) is 11.8 Å². The molecule has 1 spiro atoms. The van der Waals surface area contributed by atoms with E-state index in [1.54, 1.807) is 4.90 Å². The molecule has 0 unspecified atom stereocenters. The molecule has 3 aliphatic heterocycles. The summed E-state index contributed by atoms with van der Waals surface area (Å²) in [6.07, 6.45) is 0. The second kappa shape index (κ2) is 8.09. The number of carbonyl (C=O) groups is 2. The third kappa shape index (κ3) is 3.01. The van der Waals surface area contributed by atoms with Crippen molar-refractivity contribution in [1.29, 1.82) is 0 Å². The van der Waals surface area contributed by atoms with Gasteiger partial charge in [0.15, 0.2) is 0 Å². The highest BCUT2D eigenvalue weighted by Gasteiger charge is 2.63. The smallest absolute Gasteiger partial charge is 0.269 e. The molecule has 4 aromatic rings. The van der Waals surface area contributed by atoms with E-state index in [0.29, 0.717) is 31.2 Å². The number of amides is 2. The number of benzene rings is 3. The van der Waals surface area contributed by atoms with Crippen LogP contribution in [0, 0.1) is 0 Å². The van der Waals surface area contributed by atoms with E-state index in [0.717, 1.165) is 40.7 Å². The molecule has 0 aliphatic carbocycles. The van der Waals surface area contributed by atoms with Gasteiger partial charge < -0.3 is 9.15 Å². The van der Waals surface area contributed by atoms with Crippen LogP contribution >= 0.6 is 11.8 Å². The zero-order chi connectivity index (χ0) is 24.4. The first-order valence-electron chi connectivity index (χ1n) is 12.2. The summed E-state index contributed by atoms with van der Waals surface area (Å²) in [5.74, 6) is -0.158. The van der Waals surface area contributed by atoms with Gasteiger partial charge in [-0.05, 0) is 31.2 Å². The molecule has 0 N–H and O–H groups in total. The number of furan rings is 1. The Morgan fingerprint density at radius 2 is 1.69 bits per heavy atom. The molecule has 7 nitrogen and oxygen atoms in total. The molecule has 3 aliphatic rings. The molecule has 2 atom stereocenters. The predicted molar refractivity (Wildman–Crippen MR) is 141 cm³/mol. The van der Waals surface area contributed by atoms with Crippen molar-refractivity contribution in [3.8, 4) is 0 Å². The Balaban J connectivity index is 1.37. The highest BCUT2D eigenvalue weighted by molar-refractivity contribution is 8.03. The maximum Gasteiger partial charge on any atom is 0.269 e. The first-order valence-corrected chi connectivity index (χ1v) is 13.1. The van der Waals surface area contributed by atoms with Crippen molar-refractivity contribution in [3.05, 3.63) is 72.3 Å². The molecular weight excluding hydrogens is 474 g/mol. The van der Waals surface area contributed by atoms with Gasteiger partial charge in [0.25, 0.3) is 5.91 Å². The number of morpholine rings is 1. The average molecular weight is 500 g/mol. The second-order valence-corrected chi connectivity index (χ2v) is 11.0. The summed E-state index contributed by atoms with van der Waals surface area (Å²) < 4.78 is 11.6.